The SMILES string of the molecule is Cc1ccc(-c2nc(C)c(C(C)NC(=O)N[C@H](C)CCO)s2)cc1. The number of rotatable bonds is 6. The zero-order valence-electron chi connectivity index (χ0n) is 14.6. The van der Waals surface area contributed by atoms with Crippen molar-refractivity contribution in [2.24, 2.45) is 0 Å². The molecule has 2 rings (SSSR count). The summed E-state index contributed by atoms with van der Waals surface area (Å²) in [7, 11) is 0. The van der Waals surface area contributed by atoms with Crippen LogP contribution in [-0.4, -0.2) is 28.8 Å². The number of benzene rings is 1. The smallest absolute Gasteiger partial charge is 0.315 e. The van der Waals surface area contributed by atoms with E-state index in [0.29, 0.717) is 6.42 Å². The standard InChI is InChI=1S/C18H25N3O2S/c1-11-5-7-15(8-6-11)17-20-13(3)16(24-17)14(4)21-18(23)19-12(2)9-10-22/h5-8,12,14,22H,9-10H2,1-4H3,(H2,19,21,23)/t12-,14?/m1/s1. The molecule has 130 valence electrons. The highest BCUT2D eigenvalue weighted by Gasteiger charge is 2.18. The number of aryl methyl sites for hydroxylation is 2. The van der Waals surface area contributed by atoms with Crippen LogP contribution >= 0.6 is 11.3 Å². The van der Waals surface area contributed by atoms with Gasteiger partial charge in [0.15, 0.2) is 0 Å². The van der Waals surface area contributed by atoms with Gasteiger partial charge in [0.2, 0.25) is 0 Å². The molecule has 0 bridgehead atoms. The van der Waals surface area contributed by atoms with Gasteiger partial charge < -0.3 is 15.7 Å². The summed E-state index contributed by atoms with van der Waals surface area (Å²) < 4.78 is 0. The quantitative estimate of drug-likeness (QED) is 0.748. The van der Waals surface area contributed by atoms with E-state index >= 15 is 0 Å². The molecule has 3 N–H and O–H groups in total. The van der Waals surface area contributed by atoms with Gasteiger partial charge in [-0.25, -0.2) is 9.78 Å². The minimum absolute atomic E-state index is 0.0604. The van der Waals surface area contributed by atoms with Crippen molar-refractivity contribution in [1.82, 2.24) is 15.6 Å². The Balaban J connectivity index is 2.06. The number of urea groups is 1. The molecule has 2 atom stereocenters. The number of carbonyl (C=O) groups excluding carboxylic acids is 1. The Labute approximate surface area is 147 Å². The van der Waals surface area contributed by atoms with Crippen LogP contribution in [0.15, 0.2) is 24.3 Å². The molecular weight excluding hydrogens is 322 g/mol. The summed E-state index contributed by atoms with van der Waals surface area (Å²) >= 11 is 1.60. The summed E-state index contributed by atoms with van der Waals surface area (Å²) in [5, 5.41) is 15.6. The van der Waals surface area contributed by atoms with Crippen LogP contribution in [0.3, 0.4) is 0 Å². The number of carbonyl (C=O) groups is 1. The van der Waals surface area contributed by atoms with Gasteiger partial charge >= 0.3 is 6.03 Å². The fourth-order valence-corrected chi connectivity index (χ4v) is 3.50. The first kappa shape index (κ1) is 18.4. The topological polar surface area (TPSA) is 74.2 Å². The fraction of sp³-hybridized carbons (Fsp3) is 0.444. The first-order valence-corrected chi connectivity index (χ1v) is 8.94. The molecule has 1 unspecified atom stereocenters. The number of amides is 2. The normalized spacial score (nSPS) is 13.4. The van der Waals surface area contributed by atoms with Crippen LogP contribution in [-0.2, 0) is 0 Å². The summed E-state index contributed by atoms with van der Waals surface area (Å²) in [6, 6.07) is 7.87. The van der Waals surface area contributed by atoms with E-state index in [9.17, 15) is 4.79 Å². The maximum Gasteiger partial charge on any atom is 0.315 e. The van der Waals surface area contributed by atoms with Gasteiger partial charge in [0.25, 0.3) is 0 Å². The second-order valence-electron chi connectivity index (χ2n) is 6.09. The van der Waals surface area contributed by atoms with Crippen LogP contribution in [0.5, 0.6) is 0 Å². The molecule has 0 fully saturated rings. The van der Waals surface area contributed by atoms with E-state index in [4.69, 9.17) is 5.11 Å². The summed E-state index contributed by atoms with van der Waals surface area (Å²) in [6.07, 6.45) is 0.541. The van der Waals surface area contributed by atoms with Gasteiger partial charge in [-0.15, -0.1) is 11.3 Å². The fourth-order valence-electron chi connectivity index (χ4n) is 2.42. The second-order valence-corrected chi connectivity index (χ2v) is 7.12. The minimum atomic E-state index is -0.229. The number of aromatic nitrogens is 1. The zero-order chi connectivity index (χ0) is 17.7. The summed E-state index contributed by atoms with van der Waals surface area (Å²) in [6.45, 7) is 7.91. The lowest BCUT2D eigenvalue weighted by Gasteiger charge is -2.17. The summed E-state index contributed by atoms with van der Waals surface area (Å²) in [4.78, 5) is 17.7. The molecule has 0 aliphatic heterocycles. The van der Waals surface area contributed by atoms with Crippen molar-refractivity contribution in [3.8, 4) is 10.6 Å². The molecule has 6 heteroatoms. The molecule has 0 spiro atoms. The van der Waals surface area contributed by atoms with E-state index in [1.165, 1.54) is 5.56 Å². The minimum Gasteiger partial charge on any atom is -0.396 e. The third-order valence-electron chi connectivity index (χ3n) is 3.81. The predicted octanol–water partition coefficient (Wildman–Crippen LogP) is 3.56. The predicted molar refractivity (Wildman–Crippen MR) is 98.3 cm³/mol. The number of aliphatic hydroxyl groups excluding tert-OH is 1. The monoisotopic (exact) mass is 347 g/mol. The largest absolute Gasteiger partial charge is 0.396 e. The Morgan fingerprint density at radius 1 is 1.21 bits per heavy atom. The van der Waals surface area contributed by atoms with Crippen molar-refractivity contribution >= 4 is 17.4 Å². The highest BCUT2D eigenvalue weighted by Crippen LogP contribution is 2.31. The lowest BCUT2D eigenvalue weighted by molar-refractivity contribution is 0.228. The number of aliphatic hydroxyl groups is 1. The number of nitrogens with zero attached hydrogens (tertiary/aromatic N) is 1. The van der Waals surface area contributed by atoms with E-state index in [1.54, 1.807) is 11.3 Å². The molecule has 2 amide bonds. The van der Waals surface area contributed by atoms with Crippen LogP contribution in [0.25, 0.3) is 10.6 Å². The van der Waals surface area contributed by atoms with Crippen LogP contribution in [0.2, 0.25) is 0 Å². The highest BCUT2D eigenvalue weighted by molar-refractivity contribution is 7.15. The maximum absolute atomic E-state index is 12.0. The van der Waals surface area contributed by atoms with Gasteiger partial charge in [-0.3, -0.25) is 0 Å². The van der Waals surface area contributed by atoms with Crippen LogP contribution in [0.4, 0.5) is 4.79 Å². The average molecular weight is 347 g/mol. The van der Waals surface area contributed by atoms with Crippen molar-refractivity contribution in [2.75, 3.05) is 6.61 Å². The first-order valence-electron chi connectivity index (χ1n) is 8.13. The molecule has 1 aromatic heterocycles. The van der Waals surface area contributed by atoms with Crippen LogP contribution in [0, 0.1) is 13.8 Å². The summed E-state index contributed by atoms with van der Waals surface area (Å²) in [5.74, 6) is 0. The number of hydrogen-bond acceptors (Lipinski definition) is 4. The Morgan fingerprint density at radius 3 is 2.50 bits per heavy atom. The van der Waals surface area contributed by atoms with E-state index in [-0.39, 0.29) is 24.7 Å². The molecule has 0 radical (unpaired) electrons. The van der Waals surface area contributed by atoms with Crippen LogP contribution in [0.1, 0.15) is 42.4 Å². The van der Waals surface area contributed by atoms with Crippen molar-refractivity contribution < 1.29 is 9.90 Å². The summed E-state index contributed by atoms with van der Waals surface area (Å²) in [5.41, 5.74) is 3.25. The average Bonchev–Trinajstić information content (AvgIpc) is 2.90. The number of nitrogens with one attached hydrogen (secondary N) is 2. The van der Waals surface area contributed by atoms with Crippen LogP contribution < -0.4 is 10.6 Å². The number of hydrogen-bond donors (Lipinski definition) is 3. The van der Waals surface area contributed by atoms with Crippen molar-refractivity contribution in [1.29, 1.82) is 0 Å². The molecule has 24 heavy (non-hydrogen) atoms. The van der Waals surface area contributed by atoms with Gasteiger partial charge in [-0.1, -0.05) is 29.8 Å². The Morgan fingerprint density at radius 2 is 1.88 bits per heavy atom. The Kier molecular flexibility index (Phi) is 6.34. The molecule has 1 heterocycles. The lowest BCUT2D eigenvalue weighted by Crippen LogP contribution is -2.42. The molecule has 0 aliphatic rings. The van der Waals surface area contributed by atoms with E-state index in [0.717, 1.165) is 21.1 Å². The van der Waals surface area contributed by atoms with E-state index in [2.05, 4.69) is 46.8 Å². The van der Waals surface area contributed by atoms with Crippen molar-refractivity contribution in [2.45, 2.75) is 46.2 Å². The maximum atomic E-state index is 12.0. The van der Waals surface area contributed by atoms with E-state index < -0.39 is 0 Å². The molecule has 1 aromatic carbocycles. The molecule has 2 aromatic rings. The van der Waals surface area contributed by atoms with Gasteiger partial charge in [0.1, 0.15) is 5.01 Å². The van der Waals surface area contributed by atoms with Gasteiger partial charge in [-0.05, 0) is 34.1 Å². The van der Waals surface area contributed by atoms with Gasteiger partial charge in [0.05, 0.1) is 16.6 Å². The van der Waals surface area contributed by atoms with Gasteiger partial charge in [0, 0.05) is 18.2 Å². The molecule has 0 saturated carbocycles. The van der Waals surface area contributed by atoms with Crippen molar-refractivity contribution in [3.05, 3.63) is 40.4 Å². The number of thiazole rings is 1. The second kappa shape index (κ2) is 8.26. The van der Waals surface area contributed by atoms with Crippen molar-refractivity contribution in [3.63, 3.8) is 0 Å². The highest BCUT2D eigenvalue weighted by atomic mass is 32.1. The van der Waals surface area contributed by atoms with Gasteiger partial charge in [-0.2, -0.15) is 0 Å². The Bertz CT molecular complexity index is 682. The van der Waals surface area contributed by atoms with E-state index in [1.807, 2.05) is 20.8 Å². The molecule has 5 nitrogen and oxygen atoms in total. The third-order valence-corrected chi connectivity index (χ3v) is 5.20. The molecular formula is C18H25N3O2S. The Hall–Kier alpha value is -1.92. The third kappa shape index (κ3) is 4.79. The first-order chi connectivity index (χ1) is 11.4. The molecule has 0 aliphatic carbocycles. The zero-order valence-corrected chi connectivity index (χ0v) is 15.4. The molecule has 0 saturated heterocycles. The lowest BCUT2D eigenvalue weighted by atomic mass is 10.2.